The molecule has 7 N–H and O–H groups in total. The molecule has 0 bridgehead atoms. The minimum Gasteiger partial charge on any atom is -0.491 e. The van der Waals surface area contributed by atoms with Crippen LogP contribution in [0.1, 0.15) is 105 Å². The normalized spacial score (nSPS) is 15.8. The van der Waals surface area contributed by atoms with Crippen molar-refractivity contribution in [2.24, 2.45) is 5.41 Å². The van der Waals surface area contributed by atoms with Gasteiger partial charge in [-0.25, -0.2) is 9.37 Å². The number of aliphatic carboxylic acids is 1. The molecule has 7 rings (SSSR count). The van der Waals surface area contributed by atoms with Crippen molar-refractivity contribution in [3.63, 3.8) is 0 Å². The number of amides is 4. The number of aromatic nitrogens is 2. The first kappa shape index (κ1) is 72.9. The Balaban J connectivity index is 0.725. The number of halogens is 1. The van der Waals surface area contributed by atoms with Crippen molar-refractivity contribution in [3.8, 4) is 27.3 Å². The highest BCUT2D eigenvalue weighted by Gasteiger charge is 2.45. The Labute approximate surface area is 546 Å². The Morgan fingerprint density at radius 2 is 1.32 bits per heavy atom. The number of hydrogen-bond donors (Lipinski definition) is 7. The third-order valence-corrected chi connectivity index (χ3v) is 16.7. The van der Waals surface area contributed by atoms with Gasteiger partial charge >= 0.3 is 5.97 Å². The van der Waals surface area contributed by atoms with Crippen molar-refractivity contribution < 1.29 is 81.9 Å². The lowest BCUT2D eigenvalue weighted by atomic mass is 9.85. The topological polar surface area (TPSA) is 288 Å². The van der Waals surface area contributed by atoms with Gasteiger partial charge in [0.1, 0.15) is 36.9 Å². The van der Waals surface area contributed by atoms with Gasteiger partial charge in [-0.05, 0) is 76.9 Å². The molecule has 1 fully saturated rings. The Bertz CT molecular complexity index is 3310. The van der Waals surface area contributed by atoms with Crippen LogP contribution < -0.4 is 20.7 Å². The number of β-amino-alcohol motifs (C(OH)–C–C–N with tert-alkyl or cyclic N) is 1. The van der Waals surface area contributed by atoms with E-state index in [0.717, 1.165) is 21.7 Å². The number of benzene rings is 4. The number of hydrogen-bond acceptors (Lipinski definition) is 17. The van der Waals surface area contributed by atoms with Crippen LogP contribution >= 0.6 is 11.3 Å². The summed E-state index contributed by atoms with van der Waals surface area (Å²) in [6.07, 6.45) is -2.74. The molecule has 0 aliphatic carbocycles. The van der Waals surface area contributed by atoms with Crippen LogP contribution in [0.2, 0.25) is 0 Å². The Morgan fingerprint density at radius 1 is 0.742 bits per heavy atom. The SMILES string of the molecule is Cc1ncsc1-c1ccc(CNC(=O)[C@@H]2C[C@@H](O)CN2C(=O)[C@@H](NC(=O)COCCOCCOCCOCCOCCOCCOc2ccc(NC(=O)c3c(-c4ccccc4)cn(C([C@@H](O)C(C)c4ccc(F)cc4)[C@@H](O)CC(=O)O)c3C(C)C)cc2)C(C)(C)C)cc1. The molecule has 22 nitrogen and oxygen atoms in total. The van der Waals surface area contributed by atoms with E-state index in [-0.39, 0.29) is 63.3 Å². The molecule has 1 aliphatic heterocycles. The number of ether oxygens (including phenoxy) is 7. The first-order valence-corrected chi connectivity index (χ1v) is 32.2. The van der Waals surface area contributed by atoms with Gasteiger partial charge in [0.25, 0.3) is 5.91 Å². The molecule has 0 saturated carbocycles. The Kier molecular flexibility index (Phi) is 28.4. The minimum atomic E-state index is -1.57. The summed E-state index contributed by atoms with van der Waals surface area (Å²) in [6.45, 7) is 16.4. The van der Waals surface area contributed by atoms with Crippen molar-refractivity contribution in [1.29, 1.82) is 0 Å². The standard InChI is InChI=1S/C69H89FN6O16S/c1-44(2)61-60(55(49-11-9-8-10-12-49)41-76(61)62(57(78)38-59(80)81)63(82)45(3)48-17-19-51(70)20-18-48)67(84)73-52-21-23-54(24-22-52)92-36-35-90-32-31-88-28-27-86-25-26-87-29-30-89-33-34-91-42-58(79)74-65(69(5,6)7)68(85)75-40-53(77)37-56(75)66(83)71-39-47-13-15-50(16-14-47)64-46(4)72-43-93-64/h8-24,41,43-45,53,56-57,62-63,65,77-78,82H,25-40,42H2,1-7H3,(H,71,83)(H,73,84)(H,74,79)(H,80,81)/t45?,53-,56+,57+,62?,63+,65-/m1/s1. The molecule has 2 aromatic heterocycles. The summed E-state index contributed by atoms with van der Waals surface area (Å²) in [7, 11) is 0. The molecule has 0 spiro atoms. The van der Waals surface area contributed by atoms with Crippen LogP contribution in [-0.4, -0.2) is 187 Å². The average molecular weight is 1310 g/mol. The van der Waals surface area contributed by atoms with Gasteiger partial charge < -0.3 is 79.0 Å². The van der Waals surface area contributed by atoms with Crippen molar-refractivity contribution in [3.05, 3.63) is 149 Å². The van der Waals surface area contributed by atoms with Gasteiger partial charge in [-0.2, -0.15) is 0 Å². The van der Waals surface area contributed by atoms with E-state index in [1.807, 2.05) is 96.1 Å². The molecule has 24 heteroatoms. The number of aryl methyl sites for hydroxylation is 1. The van der Waals surface area contributed by atoms with Gasteiger partial charge in [0, 0.05) is 48.6 Å². The van der Waals surface area contributed by atoms with E-state index in [0.29, 0.717) is 93.3 Å². The molecular formula is C69H89FN6O16S. The largest absolute Gasteiger partial charge is 0.491 e. The summed E-state index contributed by atoms with van der Waals surface area (Å²) in [4.78, 5) is 73.6. The first-order chi connectivity index (χ1) is 44.6. The molecule has 1 saturated heterocycles. The zero-order valence-corrected chi connectivity index (χ0v) is 54.7. The summed E-state index contributed by atoms with van der Waals surface area (Å²) in [5.74, 6) is -4.01. The summed E-state index contributed by atoms with van der Waals surface area (Å²) in [5, 5.41) is 52.5. The van der Waals surface area contributed by atoms with Gasteiger partial charge in [-0.3, -0.25) is 24.0 Å². The summed E-state index contributed by atoms with van der Waals surface area (Å²) in [5.41, 5.74) is 6.97. The number of nitrogens with zero attached hydrogens (tertiary/aromatic N) is 3. The second kappa shape index (κ2) is 36.2. The van der Waals surface area contributed by atoms with E-state index in [1.165, 1.54) is 29.2 Å². The molecule has 4 amide bonds. The maximum Gasteiger partial charge on any atom is 0.306 e. The summed E-state index contributed by atoms with van der Waals surface area (Å²) >= 11 is 1.56. The monoisotopic (exact) mass is 1310 g/mol. The number of carboxylic acids is 1. The fourth-order valence-corrected chi connectivity index (χ4v) is 11.7. The van der Waals surface area contributed by atoms with Crippen LogP contribution in [0.5, 0.6) is 5.75 Å². The van der Waals surface area contributed by atoms with Crippen LogP contribution in [0.4, 0.5) is 10.1 Å². The van der Waals surface area contributed by atoms with E-state index < -0.39 is 83.7 Å². The third-order valence-electron chi connectivity index (χ3n) is 15.7. The van der Waals surface area contributed by atoms with Gasteiger partial charge in [-0.1, -0.05) is 108 Å². The molecule has 6 aromatic rings. The van der Waals surface area contributed by atoms with Crippen molar-refractivity contribution in [2.75, 3.05) is 97.8 Å². The van der Waals surface area contributed by atoms with Gasteiger partial charge in [0.2, 0.25) is 17.7 Å². The highest BCUT2D eigenvalue weighted by atomic mass is 32.1. The Morgan fingerprint density at radius 3 is 1.87 bits per heavy atom. The smallest absolute Gasteiger partial charge is 0.306 e. The van der Waals surface area contributed by atoms with Crippen molar-refractivity contribution in [2.45, 2.75) is 116 Å². The number of rotatable bonds is 38. The van der Waals surface area contributed by atoms with E-state index in [1.54, 1.807) is 58.8 Å². The number of nitrogens with one attached hydrogen (secondary N) is 3. The number of carbonyl (C=O) groups excluding carboxylic acids is 4. The van der Waals surface area contributed by atoms with E-state index in [9.17, 15) is 48.8 Å². The number of likely N-dealkylation sites (tertiary alicyclic amines) is 1. The van der Waals surface area contributed by atoms with E-state index >= 15 is 0 Å². The number of carboxylic acid groups (broad SMARTS) is 1. The molecule has 2 unspecified atom stereocenters. The lowest BCUT2D eigenvalue weighted by Gasteiger charge is -2.35. The van der Waals surface area contributed by atoms with E-state index in [4.69, 9.17) is 33.2 Å². The maximum absolute atomic E-state index is 14.5. The fourth-order valence-electron chi connectivity index (χ4n) is 10.9. The zero-order valence-electron chi connectivity index (χ0n) is 53.9. The zero-order chi connectivity index (χ0) is 67.0. The van der Waals surface area contributed by atoms with Gasteiger partial charge in [0.05, 0.1) is 125 Å². The second-order valence-corrected chi connectivity index (χ2v) is 25.0. The predicted octanol–water partition coefficient (Wildman–Crippen LogP) is 7.93. The molecule has 93 heavy (non-hydrogen) atoms. The second-order valence-electron chi connectivity index (χ2n) is 24.1. The first-order valence-electron chi connectivity index (χ1n) is 31.3. The van der Waals surface area contributed by atoms with Crippen molar-refractivity contribution >= 4 is 46.6 Å². The Hall–Kier alpha value is -7.49. The van der Waals surface area contributed by atoms with Gasteiger partial charge in [0.15, 0.2) is 0 Å². The summed E-state index contributed by atoms with van der Waals surface area (Å²) < 4.78 is 54.9. The van der Waals surface area contributed by atoms with Crippen LogP contribution in [0.3, 0.4) is 0 Å². The molecular weight excluding hydrogens is 1220 g/mol. The predicted molar refractivity (Wildman–Crippen MR) is 349 cm³/mol. The minimum absolute atomic E-state index is 0.0353. The highest BCUT2D eigenvalue weighted by molar-refractivity contribution is 7.13. The van der Waals surface area contributed by atoms with Crippen LogP contribution in [0, 0.1) is 18.2 Å². The summed E-state index contributed by atoms with van der Waals surface area (Å²) in [6, 6.07) is 26.3. The van der Waals surface area contributed by atoms with Crippen LogP contribution in [-0.2, 0) is 54.1 Å². The quantitative estimate of drug-likeness (QED) is 0.0181. The van der Waals surface area contributed by atoms with Gasteiger partial charge in [-0.15, -0.1) is 11.3 Å². The molecule has 1 aliphatic rings. The average Bonchev–Trinajstić information content (AvgIpc) is 1.62. The van der Waals surface area contributed by atoms with Crippen molar-refractivity contribution in [1.82, 2.24) is 25.1 Å². The molecule has 4 aromatic carbocycles. The molecule has 3 heterocycles. The fraction of sp³-hybridized carbons (Fsp3) is 0.478. The van der Waals surface area contributed by atoms with E-state index in [2.05, 4.69) is 20.9 Å². The third kappa shape index (κ3) is 21.8. The number of anilines is 1. The lowest BCUT2D eigenvalue weighted by molar-refractivity contribution is -0.144. The van der Waals surface area contributed by atoms with Crippen LogP contribution in [0.25, 0.3) is 21.6 Å². The van der Waals surface area contributed by atoms with Crippen LogP contribution in [0.15, 0.2) is 115 Å². The number of aliphatic hydroxyl groups excluding tert-OH is 3. The number of aliphatic hydroxyl groups is 3. The highest BCUT2D eigenvalue weighted by Crippen LogP contribution is 2.40. The number of thiazole rings is 1. The lowest BCUT2D eigenvalue weighted by Crippen LogP contribution is -2.58. The molecule has 0 radical (unpaired) electrons. The molecule has 7 atom stereocenters. The maximum atomic E-state index is 14.5. The molecule has 504 valence electrons. The number of carbonyl (C=O) groups is 5.